The monoisotopic (exact) mass is 162 g/mol. The summed E-state index contributed by atoms with van der Waals surface area (Å²) in [6.45, 7) is 1.54. The van der Waals surface area contributed by atoms with Gasteiger partial charge in [0.1, 0.15) is 6.61 Å². The maximum Gasteiger partial charge on any atom is 0.407 e. The van der Waals surface area contributed by atoms with Gasteiger partial charge in [-0.1, -0.05) is 0 Å². The van der Waals surface area contributed by atoms with Crippen LogP contribution in [-0.2, 0) is 9.47 Å². The van der Waals surface area contributed by atoms with Crippen LogP contribution >= 0.6 is 0 Å². The lowest BCUT2D eigenvalue weighted by Crippen LogP contribution is -2.30. The summed E-state index contributed by atoms with van der Waals surface area (Å²) in [7, 11) is 1.54. The van der Waals surface area contributed by atoms with Gasteiger partial charge in [0.15, 0.2) is 0 Å². The van der Waals surface area contributed by atoms with Crippen molar-refractivity contribution in [1.29, 1.82) is 0 Å². The second kappa shape index (κ2) is 7.30. The number of nitrogens with one attached hydrogen (secondary N) is 1. The van der Waals surface area contributed by atoms with Crippen molar-refractivity contribution in [3.05, 3.63) is 0 Å². The first kappa shape index (κ1) is 10.2. The van der Waals surface area contributed by atoms with E-state index >= 15 is 0 Å². The zero-order chi connectivity index (χ0) is 8.53. The summed E-state index contributed by atoms with van der Waals surface area (Å²) in [4.78, 5) is 10.6. The van der Waals surface area contributed by atoms with Crippen molar-refractivity contribution in [2.45, 2.75) is 0 Å². The van der Waals surface area contributed by atoms with Gasteiger partial charge in [0, 0.05) is 20.2 Å². The zero-order valence-corrected chi connectivity index (χ0v) is 6.63. The largest absolute Gasteiger partial charge is 0.447 e. The van der Waals surface area contributed by atoms with E-state index in [1.165, 1.54) is 0 Å². The highest BCUT2D eigenvalue weighted by Crippen LogP contribution is 1.76. The molecule has 11 heavy (non-hydrogen) atoms. The molecule has 0 unspecified atom stereocenters. The average Bonchev–Trinajstić information content (AvgIpc) is 2.01. The Labute approximate surface area is 65.8 Å². The second-order valence-electron chi connectivity index (χ2n) is 1.84. The lowest BCUT2D eigenvalue weighted by Gasteiger charge is -2.04. The van der Waals surface area contributed by atoms with Gasteiger partial charge in [0.25, 0.3) is 0 Å². The molecule has 0 aromatic heterocycles. The van der Waals surface area contributed by atoms with Crippen molar-refractivity contribution in [3.8, 4) is 0 Å². The molecule has 0 aromatic rings. The number of carbonyl (C=O) groups excluding carboxylic acids is 1. The fraction of sp³-hybridized carbons (Fsp3) is 0.833. The molecule has 5 nitrogen and oxygen atoms in total. The number of nitrogens with two attached hydrogens (primary N) is 1. The first-order chi connectivity index (χ1) is 5.31. The third-order valence-electron chi connectivity index (χ3n) is 0.934. The molecule has 66 valence electrons. The number of amides is 1. The normalized spacial score (nSPS) is 9.27. The summed E-state index contributed by atoms with van der Waals surface area (Å²) in [5, 5.41) is 2.45. The van der Waals surface area contributed by atoms with Crippen LogP contribution in [-0.4, -0.2) is 39.5 Å². The molecule has 0 aliphatic rings. The minimum atomic E-state index is -0.451. The van der Waals surface area contributed by atoms with E-state index in [9.17, 15) is 4.79 Å². The van der Waals surface area contributed by atoms with Gasteiger partial charge in [-0.25, -0.2) is 4.79 Å². The van der Waals surface area contributed by atoms with Crippen molar-refractivity contribution >= 4 is 6.09 Å². The van der Waals surface area contributed by atoms with Gasteiger partial charge in [-0.3, -0.25) is 0 Å². The van der Waals surface area contributed by atoms with Crippen molar-refractivity contribution in [1.82, 2.24) is 5.32 Å². The molecule has 0 aliphatic heterocycles. The van der Waals surface area contributed by atoms with Crippen LogP contribution in [0.5, 0.6) is 0 Å². The molecule has 0 rings (SSSR count). The lowest BCUT2D eigenvalue weighted by atomic mass is 10.6. The van der Waals surface area contributed by atoms with E-state index < -0.39 is 6.09 Å². The fourth-order valence-electron chi connectivity index (χ4n) is 0.443. The fourth-order valence-corrected chi connectivity index (χ4v) is 0.443. The van der Waals surface area contributed by atoms with Gasteiger partial charge in [-0.15, -0.1) is 0 Å². The Morgan fingerprint density at radius 2 is 2.27 bits per heavy atom. The molecule has 0 fully saturated rings. The predicted octanol–water partition coefficient (Wildman–Crippen LogP) is -0.682. The number of methoxy groups -OCH3 is 1. The van der Waals surface area contributed by atoms with Gasteiger partial charge in [0.2, 0.25) is 0 Å². The van der Waals surface area contributed by atoms with E-state index in [1.54, 1.807) is 7.11 Å². The molecular weight excluding hydrogens is 148 g/mol. The van der Waals surface area contributed by atoms with Gasteiger partial charge in [-0.2, -0.15) is 0 Å². The number of ether oxygens (including phenoxy) is 2. The molecule has 0 bridgehead atoms. The standard InChI is InChI=1S/C6H14N2O3/c1-10-4-5-11-6(9)8-3-2-7/h2-5,7H2,1H3,(H,8,9). The Morgan fingerprint density at radius 1 is 1.55 bits per heavy atom. The summed E-state index contributed by atoms with van der Waals surface area (Å²) in [5.74, 6) is 0. The Morgan fingerprint density at radius 3 is 2.82 bits per heavy atom. The smallest absolute Gasteiger partial charge is 0.407 e. The van der Waals surface area contributed by atoms with Crippen LogP contribution in [0.4, 0.5) is 4.79 Å². The first-order valence-corrected chi connectivity index (χ1v) is 3.41. The van der Waals surface area contributed by atoms with E-state index in [1.807, 2.05) is 0 Å². The Balaban J connectivity index is 3.09. The first-order valence-electron chi connectivity index (χ1n) is 3.41. The minimum absolute atomic E-state index is 0.271. The molecule has 3 N–H and O–H groups in total. The molecular formula is C6H14N2O3. The molecule has 0 spiro atoms. The predicted molar refractivity (Wildman–Crippen MR) is 40.3 cm³/mol. The zero-order valence-electron chi connectivity index (χ0n) is 6.63. The van der Waals surface area contributed by atoms with Crippen molar-refractivity contribution < 1.29 is 14.3 Å². The Hall–Kier alpha value is -0.810. The van der Waals surface area contributed by atoms with Gasteiger partial charge >= 0.3 is 6.09 Å². The van der Waals surface area contributed by atoms with E-state index in [-0.39, 0.29) is 6.61 Å². The third kappa shape index (κ3) is 7.08. The summed E-state index contributed by atoms with van der Waals surface area (Å²) in [6, 6.07) is 0. The van der Waals surface area contributed by atoms with Crippen molar-refractivity contribution in [2.24, 2.45) is 5.73 Å². The summed E-state index contributed by atoms with van der Waals surface area (Å²) >= 11 is 0. The molecule has 5 heteroatoms. The van der Waals surface area contributed by atoms with E-state index in [2.05, 4.69) is 14.8 Å². The van der Waals surface area contributed by atoms with Crippen LogP contribution in [0.15, 0.2) is 0 Å². The topological polar surface area (TPSA) is 73.6 Å². The van der Waals surface area contributed by atoms with Crippen LogP contribution in [0.3, 0.4) is 0 Å². The Bertz CT molecular complexity index is 108. The average molecular weight is 162 g/mol. The molecule has 0 atom stereocenters. The van der Waals surface area contributed by atoms with Crippen LogP contribution in [0, 0.1) is 0 Å². The highest BCUT2D eigenvalue weighted by Gasteiger charge is 1.97. The quantitative estimate of drug-likeness (QED) is 0.525. The molecule has 0 aromatic carbocycles. The highest BCUT2D eigenvalue weighted by molar-refractivity contribution is 5.66. The number of hydrogen-bond donors (Lipinski definition) is 2. The molecule has 0 radical (unpaired) electrons. The lowest BCUT2D eigenvalue weighted by molar-refractivity contribution is 0.0988. The SMILES string of the molecule is COCCOC(=O)NCCN. The number of hydrogen-bond acceptors (Lipinski definition) is 4. The van der Waals surface area contributed by atoms with Gasteiger partial charge < -0.3 is 20.5 Å². The second-order valence-corrected chi connectivity index (χ2v) is 1.84. The third-order valence-corrected chi connectivity index (χ3v) is 0.934. The van der Waals surface area contributed by atoms with E-state index in [0.29, 0.717) is 19.7 Å². The van der Waals surface area contributed by atoms with Crippen molar-refractivity contribution in [2.75, 3.05) is 33.4 Å². The maximum absolute atomic E-state index is 10.6. The highest BCUT2D eigenvalue weighted by atomic mass is 16.6. The van der Waals surface area contributed by atoms with Crippen molar-refractivity contribution in [3.63, 3.8) is 0 Å². The molecule has 0 saturated carbocycles. The van der Waals surface area contributed by atoms with Crippen LogP contribution in [0.2, 0.25) is 0 Å². The van der Waals surface area contributed by atoms with Crippen LogP contribution in [0.1, 0.15) is 0 Å². The minimum Gasteiger partial charge on any atom is -0.447 e. The molecule has 0 aliphatic carbocycles. The summed E-state index contributed by atoms with van der Waals surface area (Å²) in [6.07, 6.45) is -0.451. The van der Waals surface area contributed by atoms with Crippen LogP contribution in [0.25, 0.3) is 0 Å². The number of carbonyl (C=O) groups is 1. The van der Waals surface area contributed by atoms with E-state index in [4.69, 9.17) is 5.73 Å². The number of rotatable bonds is 5. The molecule has 0 heterocycles. The molecule has 0 saturated heterocycles. The van der Waals surface area contributed by atoms with Crippen LogP contribution < -0.4 is 11.1 Å². The van der Waals surface area contributed by atoms with E-state index in [0.717, 1.165) is 0 Å². The summed E-state index contributed by atoms with van der Waals surface area (Å²) in [5.41, 5.74) is 5.14. The van der Waals surface area contributed by atoms with Gasteiger partial charge in [0.05, 0.1) is 6.61 Å². The number of alkyl carbamates (subject to hydrolysis) is 1. The maximum atomic E-state index is 10.6. The molecule has 1 amide bonds. The van der Waals surface area contributed by atoms with Gasteiger partial charge in [-0.05, 0) is 0 Å². The summed E-state index contributed by atoms with van der Waals surface area (Å²) < 4.78 is 9.32. The Kier molecular flexibility index (Phi) is 6.76.